The van der Waals surface area contributed by atoms with Crippen molar-refractivity contribution in [2.45, 2.75) is 63.4 Å². The third-order valence-electron chi connectivity index (χ3n) is 4.55. The van der Waals surface area contributed by atoms with E-state index < -0.39 is 0 Å². The maximum atomic E-state index is 6.64. The summed E-state index contributed by atoms with van der Waals surface area (Å²) in [5.41, 5.74) is 2.61. The zero-order valence-corrected chi connectivity index (χ0v) is 12.5. The molecule has 0 aromatic heterocycles. The first kappa shape index (κ1) is 13.3. The molecule has 0 radical (unpaired) electrons. The quantitative estimate of drug-likeness (QED) is 0.685. The Labute approximate surface area is 121 Å². The predicted molar refractivity (Wildman–Crippen MR) is 80.0 cm³/mol. The van der Waals surface area contributed by atoms with Crippen LogP contribution in [0.25, 0.3) is 0 Å². The van der Waals surface area contributed by atoms with Gasteiger partial charge in [0, 0.05) is 6.42 Å². The Morgan fingerprint density at radius 3 is 2.84 bits per heavy atom. The molecule has 0 saturated heterocycles. The molecule has 1 aromatic rings. The van der Waals surface area contributed by atoms with E-state index in [1.807, 2.05) is 0 Å². The summed E-state index contributed by atoms with van der Waals surface area (Å²) in [4.78, 5) is 0. The Balaban J connectivity index is 1.66. The average molecular weight is 279 g/mol. The van der Waals surface area contributed by atoms with E-state index in [0.29, 0.717) is 6.10 Å². The minimum Gasteiger partial charge on any atom is -0.490 e. The van der Waals surface area contributed by atoms with E-state index in [2.05, 4.69) is 25.1 Å². The fraction of sp³-hybridized carbons (Fsp3) is 0.647. The second-order valence-corrected chi connectivity index (χ2v) is 6.73. The maximum Gasteiger partial charge on any atom is 0.123 e. The van der Waals surface area contributed by atoms with Gasteiger partial charge in [0.15, 0.2) is 0 Å². The second-order valence-electron chi connectivity index (χ2n) is 6.21. The average Bonchev–Trinajstić information content (AvgIpc) is 2.78. The van der Waals surface area contributed by atoms with Gasteiger partial charge in [0.1, 0.15) is 11.9 Å². The third kappa shape index (κ3) is 3.08. The van der Waals surface area contributed by atoms with Crippen LogP contribution >= 0.6 is 11.6 Å². The van der Waals surface area contributed by atoms with E-state index in [9.17, 15) is 0 Å². The van der Waals surface area contributed by atoms with Gasteiger partial charge >= 0.3 is 0 Å². The van der Waals surface area contributed by atoms with Gasteiger partial charge in [-0.2, -0.15) is 0 Å². The van der Waals surface area contributed by atoms with Crippen LogP contribution in [0.5, 0.6) is 5.75 Å². The van der Waals surface area contributed by atoms with E-state index in [1.54, 1.807) is 0 Å². The summed E-state index contributed by atoms with van der Waals surface area (Å²) in [5.74, 6) is 1.89. The molecule has 2 unspecified atom stereocenters. The van der Waals surface area contributed by atoms with Crippen molar-refractivity contribution >= 4 is 11.6 Å². The fourth-order valence-electron chi connectivity index (χ4n) is 3.49. The lowest BCUT2D eigenvalue weighted by atomic mass is 9.85. The number of halogens is 1. The van der Waals surface area contributed by atoms with E-state index in [1.165, 1.54) is 43.2 Å². The summed E-state index contributed by atoms with van der Waals surface area (Å²) >= 11 is 6.64. The normalized spacial score (nSPS) is 24.8. The van der Waals surface area contributed by atoms with Crippen LogP contribution in [0.3, 0.4) is 0 Å². The molecule has 0 bridgehead atoms. The van der Waals surface area contributed by atoms with Crippen molar-refractivity contribution in [3.05, 3.63) is 29.3 Å². The Morgan fingerprint density at radius 2 is 2.05 bits per heavy atom. The topological polar surface area (TPSA) is 9.23 Å². The number of hydrogen-bond donors (Lipinski definition) is 0. The minimum atomic E-state index is 0.171. The van der Waals surface area contributed by atoms with Gasteiger partial charge in [-0.15, -0.1) is 11.6 Å². The molecule has 104 valence electrons. The molecule has 1 nitrogen and oxygen atoms in total. The van der Waals surface area contributed by atoms with Gasteiger partial charge in [0.05, 0.1) is 5.38 Å². The minimum absolute atomic E-state index is 0.171. The van der Waals surface area contributed by atoms with Crippen molar-refractivity contribution in [2.24, 2.45) is 5.92 Å². The largest absolute Gasteiger partial charge is 0.490 e. The van der Waals surface area contributed by atoms with E-state index >= 15 is 0 Å². The monoisotopic (exact) mass is 278 g/mol. The third-order valence-corrected chi connectivity index (χ3v) is 4.98. The van der Waals surface area contributed by atoms with Crippen LogP contribution < -0.4 is 4.74 Å². The summed E-state index contributed by atoms with van der Waals surface area (Å²) in [6.45, 7) is 2.12. The van der Waals surface area contributed by atoms with Gasteiger partial charge in [0.2, 0.25) is 0 Å². The van der Waals surface area contributed by atoms with Crippen molar-refractivity contribution in [1.82, 2.24) is 0 Å². The number of fused-ring (bicyclic) bond motifs is 1. The van der Waals surface area contributed by atoms with Gasteiger partial charge in [-0.25, -0.2) is 0 Å². The van der Waals surface area contributed by atoms with Gasteiger partial charge in [-0.3, -0.25) is 0 Å². The number of hydrogen-bond acceptors (Lipinski definition) is 1. The summed E-state index contributed by atoms with van der Waals surface area (Å²) < 4.78 is 5.75. The molecule has 1 aliphatic carbocycles. The molecular formula is C17H23ClO. The molecule has 0 amide bonds. The van der Waals surface area contributed by atoms with E-state index in [0.717, 1.165) is 24.5 Å². The zero-order valence-electron chi connectivity index (χ0n) is 11.7. The highest BCUT2D eigenvalue weighted by Gasteiger charge is 2.22. The Bertz CT molecular complexity index is 437. The van der Waals surface area contributed by atoms with Crippen LogP contribution in [-0.4, -0.2) is 6.10 Å². The Kier molecular flexibility index (Phi) is 4.02. The van der Waals surface area contributed by atoms with Crippen LogP contribution in [0.4, 0.5) is 0 Å². The highest BCUT2D eigenvalue weighted by Crippen LogP contribution is 2.38. The molecule has 2 heteroatoms. The van der Waals surface area contributed by atoms with Crippen molar-refractivity contribution in [2.75, 3.05) is 0 Å². The van der Waals surface area contributed by atoms with Crippen LogP contribution in [0, 0.1) is 5.92 Å². The molecule has 1 aromatic carbocycles. The van der Waals surface area contributed by atoms with Gasteiger partial charge in [-0.1, -0.05) is 44.2 Å². The molecule has 1 saturated carbocycles. The lowest BCUT2D eigenvalue weighted by Crippen LogP contribution is -2.08. The number of alkyl halides is 1. The van der Waals surface area contributed by atoms with E-state index in [4.69, 9.17) is 16.3 Å². The van der Waals surface area contributed by atoms with Crippen LogP contribution in [0.1, 0.15) is 62.0 Å². The van der Waals surface area contributed by atoms with Crippen LogP contribution in [0.2, 0.25) is 0 Å². The standard InChI is InChI=1S/C17H23ClO/c1-12-9-15-11-14(7-8-17(15)19-12)16(18)10-13-5-3-2-4-6-13/h7-8,11-13,16H,2-6,9-10H2,1H3. The predicted octanol–water partition coefficient (Wildman–Crippen LogP) is 5.26. The summed E-state index contributed by atoms with van der Waals surface area (Å²) in [6, 6.07) is 6.51. The Hall–Kier alpha value is -0.690. The van der Waals surface area contributed by atoms with E-state index in [-0.39, 0.29) is 5.38 Å². The maximum absolute atomic E-state index is 6.64. The summed E-state index contributed by atoms with van der Waals surface area (Å²) in [7, 11) is 0. The van der Waals surface area contributed by atoms with Crippen molar-refractivity contribution in [3.63, 3.8) is 0 Å². The molecule has 2 atom stereocenters. The summed E-state index contributed by atoms with van der Waals surface area (Å²) in [5, 5.41) is 0.171. The first-order valence-electron chi connectivity index (χ1n) is 7.66. The van der Waals surface area contributed by atoms with Gasteiger partial charge in [-0.05, 0) is 36.5 Å². The van der Waals surface area contributed by atoms with Crippen LogP contribution in [-0.2, 0) is 6.42 Å². The SMILES string of the molecule is CC1Cc2cc(C(Cl)CC3CCCCC3)ccc2O1. The smallest absolute Gasteiger partial charge is 0.123 e. The van der Waals surface area contributed by atoms with Crippen molar-refractivity contribution in [1.29, 1.82) is 0 Å². The molecule has 1 fully saturated rings. The fourth-order valence-corrected chi connectivity index (χ4v) is 3.88. The van der Waals surface area contributed by atoms with Crippen molar-refractivity contribution < 1.29 is 4.74 Å². The lowest BCUT2D eigenvalue weighted by molar-refractivity contribution is 0.254. The molecule has 0 spiro atoms. The highest BCUT2D eigenvalue weighted by atomic mass is 35.5. The number of rotatable bonds is 3. The lowest BCUT2D eigenvalue weighted by Gasteiger charge is -2.24. The molecule has 3 rings (SSSR count). The number of benzene rings is 1. The molecule has 1 aliphatic heterocycles. The van der Waals surface area contributed by atoms with Gasteiger partial charge < -0.3 is 4.74 Å². The molecule has 0 N–H and O–H groups in total. The van der Waals surface area contributed by atoms with Crippen LogP contribution in [0.15, 0.2) is 18.2 Å². The Morgan fingerprint density at radius 1 is 1.26 bits per heavy atom. The first-order chi connectivity index (χ1) is 9.22. The zero-order chi connectivity index (χ0) is 13.2. The summed E-state index contributed by atoms with van der Waals surface area (Å²) in [6.07, 6.45) is 9.41. The number of ether oxygens (including phenoxy) is 1. The van der Waals surface area contributed by atoms with Crippen molar-refractivity contribution in [3.8, 4) is 5.75 Å². The molecule has 19 heavy (non-hydrogen) atoms. The van der Waals surface area contributed by atoms with Gasteiger partial charge in [0.25, 0.3) is 0 Å². The highest BCUT2D eigenvalue weighted by molar-refractivity contribution is 6.20. The molecule has 2 aliphatic rings. The second kappa shape index (κ2) is 5.75. The molecule has 1 heterocycles. The first-order valence-corrected chi connectivity index (χ1v) is 8.09. The molecular weight excluding hydrogens is 256 g/mol.